The summed E-state index contributed by atoms with van der Waals surface area (Å²) in [5, 5.41) is 0. The van der Waals surface area contributed by atoms with Crippen LogP contribution in [0.2, 0.25) is 0 Å². The number of rotatable bonds is 5. The summed E-state index contributed by atoms with van der Waals surface area (Å²) in [4.78, 5) is 36.2. The molecule has 0 aromatic heterocycles. The minimum Gasteiger partial charge on any atom is -0.466 e. The van der Waals surface area contributed by atoms with Gasteiger partial charge in [-0.25, -0.2) is 4.79 Å². The number of carbonyl (C=O) groups is 3. The fourth-order valence-electron chi connectivity index (χ4n) is 2.06. The summed E-state index contributed by atoms with van der Waals surface area (Å²) in [6.45, 7) is 0.345. The molecule has 2 rings (SSSR count). The van der Waals surface area contributed by atoms with Gasteiger partial charge in [-0.05, 0) is 25.0 Å². The van der Waals surface area contributed by atoms with Crippen molar-refractivity contribution in [2.45, 2.75) is 12.8 Å². The number of hydrogen-bond donors (Lipinski definition) is 0. The summed E-state index contributed by atoms with van der Waals surface area (Å²) < 4.78 is 4.46. The molecule has 20 heavy (non-hydrogen) atoms. The van der Waals surface area contributed by atoms with Crippen molar-refractivity contribution in [2.75, 3.05) is 13.7 Å². The monoisotopic (exact) mass is 273 g/mol. The van der Waals surface area contributed by atoms with E-state index in [1.165, 1.54) is 18.1 Å². The molecule has 0 radical (unpaired) electrons. The van der Waals surface area contributed by atoms with E-state index in [4.69, 9.17) is 0 Å². The third-order valence-corrected chi connectivity index (χ3v) is 3.09. The van der Waals surface area contributed by atoms with Gasteiger partial charge in [0.1, 0.15) is 0 Å². The molecule has 1 aliphatic rings. The van der Waals surface area contributed by atoms with Crippen molar-refractivity contribution >= 4 is 17.8 Å². The minimum atomic E-state index is -0.411. The standard InChI is InChI=1S/C15H15NO4/c1-20-13(17)9-3-2-6-10-16-14(18)11-7-4-5-8-12(11)15(16)19/h3-5,7-9H,2,6,10H2,1H3. The predicted octanol–water partition coefficient (Wildman–Crippen LogP) is 1.79. The van der Waals surface area contributed by atoms with Crippen molar-refractivity contribution in [3.05, 3.63) is 47.5 Å². The number of methoxy groups -OCH3 is 1. The average Bonchev–Trinajstić information content (AvgIpc) is 2.71. The summed E-state index contributed by atoms with van der Waals surface area (Å²) in [7, 11) is 1.31. The second-order valence-electron chi connectivity index (χ2n) is 4.38. The van der Waals surface area contributed by atoms with Crippen LogP contribution < -0.4 is 0 Å². The lowest BCUT2D eigenvalue weighted by Gasteiger charge is -2.12. The van der Waals surface area contributed by atoms with Crippen LogP contribution in [0.15, 0.2) is 36.4 Å². The lowest BCUT2D eigenvalue weighted by Crippen LogP contribution is -2.30. The molecule has 104 valence electrons. The Kier molecular flexibility index (Phi) is 4.30. The number of imide groups is 1. The van der Waals surface area contributed by atoms with Crippen LogP contribution in [-0.2, 0) is 9.53 Å². The molecule has 1 aromatic rings. The van der Waals surface area contributed by atoms with E-state index >= 15 is 0 Å². The molecule has 0 aliphatic carbocycles. The van der Waals surface area contributed by atoms with Crippen molar-refractivity contribution in [3.63, 3.8) is 0 Å². The Morgan fingerprint density at radius 2 is 1.80 bits per heavy atom. The Hall–Kier alpha value is -2.43. The van der Waals surface area contributed by atoms with Crippen molar-refractivity contribution in [3.8, 4) is 0 Å². The summed E-state index contributed by atoms with van der Waals surface area (Å²) in [6, 6.07) is 6.80. The molecule has 5 heteroatoms. The van der Waals surface area contributed by atoms with Crippen LogP contribution >= 0.6 is 0 Å². The summed E-state index contributed by atoms with van der Waals surface area (Å²) >= 11 is 0. The van der Waals surface area contributed by atoms with Crippen molar-refractivity contribution in [1.29, 1.82) is 0 Å². The molecule has 0 fully saturated rings. The number of esters is 1. The second kappa shape index (κ2) is 6.14. The van der Waals surface area contributed by atoms with Crippen LogP contribution in [0.5, 0.6) is 0 Å². The molecule has 0 saturated carbocycles. The van der Waals surface area contributed by atoms with Crippen LogP contribution in [0.4, 0.5) is 0 Å². The number of amides is 2. The number of nitrogens with zero attached hydrogens (tertiary/aromatic N) is 1. The Bertz CT molecular complexity index is 542. The third-order valence-electron chi connectivity index (χ3n) is 3.09. The highest BCUT2D eigenvalue weighted by Gasteiger charge is 2.34. The first-order valence-corrected chi connectivity index (χ1v) is 6.35. The Morgan fingerprint density at radius 1 is 1.20 bits per heavy atom. The number of fused-ring (bicyclic) bond motifs is 1. The number of hydrogen-bond acceptors (Lipinski definition) is 4. The van der Waals surface area contributed by atoms with Gasteiger partial charge in [0, 0.05) is 12.6 Å². The second-order valence-corrected chi connectivity index (χ2v) is 4.38. The van der Waals surface area contributed by atoms with Crippen LogP contribution in [0, 0.1) is 0 Å². The largest absolute Gasteiger partial charge is 0.466 e. The Labute approximate surface area is 116 Å². The van der Waals surface area contributed by atoms with Crippen molar-refractivity contribution < 1.29 is 19.1 Å². The van der Waals surface area contributed by atoms with Gasteiger partial charge in [-0.2, -0.15) is 0 Å². The maximum Gasteiger partial charge on any atom is 0.330 e. The molecule has 0 bridgehead atoms. The molecule has 1 aromatic carbocycles. The number of benzene rings is 1. The van der Waals surface area contributed by atoms with Gasteiger partial charge in [0.05, 0.1) is 18.2 Å². The van der Waals surface area contributed by atoms with Gasteiger partial charge in [-0.1, -0.05) is 18.2 Å². The molecule has 2 amide bonds. The van der Waals surface area contributed by atoms with Crippen molar-refractivity contribution in [1.82, 2.24) is 4.90 Å². The number of unbranched alkanes of at least 4 members (excludes halogenated alkanes) is 1. The first-order valence-electron chi connectivity index (χ1n) is 6.35. The van der Waals surface area contributed by atoms with E-state index in [0.717, 1.165) is 0 Å². The minimum absolute atomic E-state index is 0.248. The van der Waals surface area contributed by atoms with Crippen LogP contribution in [0.1, 0.15) is 33.6 Å². The smallest absolute Gasteiger partial charge is 0.330 e. The zero-order valence-electron chi connectivity index (χ0n) is 11.2. The highest BCUT2D eigenvalue weighted by Crippen LogP contribution is 2.22. The molecular formula is C15H15NO4. The zero-order chi connectivity index (χ0) is 14.5. The van der Waals surface area contributed by atoms with Crippen LogP contribution in [0.25, 0.3) is 0 Å². The predicted molar refractivity (Wildman–Crippen MR) is 72.2 cm³/mol. The Balaban J connectivity index is 1.90. The van der Waals surface area contributed by atoms with Crippen molar-refractivity contribution in [2.24, 2.45) is 0 Å². The average molecular weight is 273 g/mol. The summed E-state index contributed by atoms with van der Waals surface area (Å²) in [5.74, 6) is -0.907. The lowest BCUT2D eigenvalue weighted by atomic mass is 10.1. The molecule has 0 saturated heterocycles. The lowest BCUT2D eigenvalue weighted by molar-refractivity contribution is -0.134. The van der Waals surface area contributed by atoms with Gasteiger partial charge >= 0.3 is 5.97 Å². The van der Waals surface area contributed by atoms with Gasteiger partial charge in [0.15, 0.2) is 0 Å². The highest BCUT2D eigenvalue weighted by atomic mass is 16.5. The van der Waals surface area contributed by atoms with E-state index in [0.29, 0.717) is 30.5 Å². The fraction of sp³-hybridized carbons (Fsp3) is 0.267. The molecule has 0 N–H and O–H groups in total. The summed E-state index contributed by atoms with van der Waals surface area (Å²) in [5.41, 5.74) is 0.921. The maximum absolute atomic E-state index is 12.0. The normalized spacial score (nSPS) is 13.9. The molecule has 0 atom stereocenters. The third kappa shape index (κ3) is 2.77. The Morgan fingerprint density at radius 3 is 2.35 bits per heavy atom. The molecule has 1 aliphatic heterocycles. The maximum atomic E-state index is 12.0. The highest BCUT2D eigenvalue weighted by molar-refractivity contribution is 6.21. The van der Waals surface area contributed by atoms with E-state index in [1.807, 2.05) is 0 Å². The SMILES string of the molecule is COC(=O)C=CCCCN1C(=O)c2ccccc2C1=O. The molecule has 0 unspecified atom stereocenters. The van der Waals surface area contributed by atoms with E-state index < -0.39 is 5.97 Å². The van der Waals surface area contributed by atoms with Crippen LogP contribution in [-0.4, -0.2) is 36.3 Å². The molecular weight excluding hydrogens is 258 g/mol. The summed E-state index contributed by atoms with van der Waals surface area (Å²) in [6.07, 6.45) is 4.22. The van der Waals surface area contributed by atoms with E-state index in [2.05, 4.69) is 4.74 Å². The molecule has 5 nitrogen and oxygen atoms in total. The van der Waals surface area contributed by atoms with Gasteiger partial charge < -0.3 is 4.74 Å². The number of ether oxygens (including phenoxy) is 1. The van der Waals surface area contributed by atoms with Gasteiger partial charge in [-0.3, -0.25) is 14.5 Å². The molecule has 1 heterocycles. The zero-order valence-corrected chi connectivity index (χ0v) is 11.2. The number of carbonyl (C=O) groups excluding carboxylic acids is 3. The fourth-order valence-corrected chi connectivity index (χ4v) is 2.06. The van der Waals surface area contributed by atoms with E-state index in [1.54, 1.807) is 30.3 Å². The van der Waals surface area contributed by atoms with Gasteiger partial charge in [0.2, 0.25) is 0 Å². The van der Waals surface area contributed by atoms with E-state index in [-0.39, 0.29) is 11.8 Å². The topological polar surface area (TPSA) is 63.7 Å². The quantitative estimate of drug-likeness (QED) is 0.355. The molecule has 0 spiro atoms. The van der Waals surface area contributed by atoms with Gasteiger partial charge in [0.25, 0.3) is 11.8 Å². The number of allylic oxidation sites excluding steroid dienone is 1. The van der Waals surface area contributed by atoms with Gasteiger partial charge in [-0.15, -0.1) is 0 Å². The van der Waals surface area contributed by atoms with Crippen LogP contribution in [0.3, 0.4) is 0 Å². The first-order chi connectivity index (χ1) is 9.65. The first kappa shape index (κ1) is 14.0. The van der Waals surface area contributed by atoms with E-state index in [9.17, 15) is 14.4 Å².